The van der Waals surface area contributed by atoms with Crippen LogP contribution in [0.25, 0.3) is 0 Å². The normalized spacial score (nSPS) is 23.8. The van der Waals surface area contributed by atoms with E-state index in [0.29, 0.717) is 22.8 Å². The molecule has 2 aliphatic rings. The van der Waals surface area contributed by atoms with Crippen molar-refractivity contribution in [3.8, 4) is 23.0 Å². The Bertz CT molecular complexity index is 924. The summed E-state index contributed by atoms with van der Waals surface area (Å²) in [4.78, 5) is 12.4. The van der Waals surface area contributed by atoms with Crippen LogP contribution in [0.3, 0.4) is 0 Å². The molecule has 7 heteroatoms. The Morgan fingerprint density at radius 3 is 2.80 bits per heavy atom. The lowest BCUT2D eigenvalue weighted by Gasteiger charge is -2.37. The van der Waals surface area contributed by atoms with Gasteiger partial charge in [-0.05, 0) is 56.6 Å². The number of benzene rings is 2. The molecule has 1 saturated heterocycles. The Kier molecular flexibility index (Phi) is 5.83. The number of nitrogens with two attached hydrogens (primary N) is 1. The first-order valence-corrected chi connectivity index (χ1v) is 10.3. The fourth-order valence-corrected chi connectivity index (χ4v) is 4.11. The van der Waals surface area contributed by atoms with E-state index >= 15 is 0 Å². The largest absolute Gasteiger partial charge is 0.504 e. The highest BCUT2D eigenvalue weighted by atomic mass is 16.6. The number of nitrogens with one attached hydrogen (secondary N) is 1. The SMILES string of the molecule is COc1cc(C2Oc3ccc(C(=O)CC(C)N)cc3OC2C2CCCN2)ccc1O. The molecule has 0 radical (unpaired) electrons. The van der Waals surface area contributed by atoms with Gasteiger partial charge in [-0.15, -0.1) is 0 Å². The number of hydrogen-bond acceptors (Lipinski definition) is 7. The van der Waals surface area contributed by atoms with Crippen molar-refractivity contribution in [3.05, 3.63) is 47.5 Å². The summed E-state index contributed by atoms with van der Waals surface area (Å²) in [6.45, 7) is 2.74. The molecular weight excluding hydrogens is 384 g/mol. The summed E-state index contributed by atoms with van der Waals surface area (Å²) in [5.41, 5.74) is 7.20. The topological polar surface area (TPSA) is 103 Å². The molecule has 2 heterocycles. The second-order valence-corrected chi connectivity index (χ2v) is 8.02. The van der Waals surface area contributed by atoms with E-state index in [4.69, 9.17) is 19.9 Å². The molecule has 4 unspecified atom stereocenters. The summed E-state index contributed by atoms with van der Waals surface area (Å²) < 4.78 is 18.0. The Hall–Kier alpha value is -2.77. The van der Waals surface area contributed by atoms with E-state index < -0.39 is 0 Å². The van der Waals surface area contributed by atoms with Gasteiger partial charge in [-0.2, -0.15) is 0 Å². The van der Waals surface area contributed by atoms with Crippen LogP contribution >= 0.6 is 0 Å². The van der Waals surface area contributed by atoms with Gasteiger partial charge in [-0.25, -0.2) is 0 Å². The van der Waals surface area contributed by atoms with E-state index in [1.807, 2.05) is 13.0 Å². The van der Waals surface area contributed by atoms with Crippen molar-refractivity contribution in [2.24, 2.45) is 5.73 Å². The van der Waals surface area contributed by atoms with Crippen LogP contribution in [-0.2, 0) is 0 Å². The highest BCUT2D eigenvalue weighted by molar-refractivity contribution is 5.97. The molecule has 0 amide bonds. The zero-order chi connectivity index (χ0) is 21.3. The summed E-state index contributed by atoms with van der Waals surface area (Å²) in [6.07, 6.45) is 1.65. The number of Topliss-reactive ketones (excluding diaryl/α,β-unsaturated/α-hetero) is 1. The van der Waals surface area contributed by atoms with Gasteiger partial charge in [0.15, 0.2) is 41.0 Å². The van der Waals surface area contributed by atoms with E-state index in [1.54, 1.807) is 30.3 Å². The first-order chi connectivity index (χ1) is 14.5. The van der Waals surface area contributed by atoms with Gasteiger partial charge in [0.1, 0.15) is 0 Å². The van der Waals surface area contributed by atoms with Gasteiger partial charge in [-0.1, -0.05) is 6.07 Å². The minimum atomic E-state index is -0.381. The van der Waals surface area contributed by atoms with Gasteiger partial charge < -0.3 is 30.4 Å². The number of carbonyl (C=O) groups is 1. The van der Waals surface area contributed by atoms with Gasteiger partial charge in [0.25, 0.3) is 0 Å². The maximum atomic E-state index is 12.4. The Balaban J connectivity index is 1.68. The average Bonchev–Trinajstić information content (AvgIpc) is 3.27. The molecule has 1 fully saturated rings. The monoisotopic (exact) mass is 412 g/mol. The van der Waals surface area contributed by atoms with Crippen molar-refractivity contribution in [2.45, 2.75) is 50.5 Å². The molecule has 0 aromatic heterocycles. The Labute approximate surface area is 176 Å². The highest BCUT2D eigenvalue weighted by Crippen LogP contribution is 2.43. The molecule has 160 valence electrons. The van der Waals surface area contributed by atoms with E-state index in [1.165, 1.54) is 7.11 Å². The number of rotatable bonds is 6. The molecule has 0 aliphatic carbocycles. The molecule has 4 rings (SSSR count). The van der Waals surface area contributed by atoms with Gasteiger partial charge in [0, 0.05) is 29.6 Å². The fourth-order valence-electron chi connectivity index (χ4n) is 4.11. The average molecular weight is 412 g/mol. The van der Waals surface area contributed by atoms with Crippen LogP contribution in [-0.4, -0.2) is 42.7 Å². The van der Waals surface area contributed by atoms with Crippen molar-refractivity contribution in [3.63, 3.8) is 0 Å². The van der Waals surface area contributed by atoms with E-state index in [9.17, 15) is 9.90 Å². The fraction of sp³-hybridized carbons (Fsp3) is 0.435. The minimum Gasteiger partial charge on any atom is -0.504 e. The molecule has 2 aromatic carbocycles. The summed E-state index contributed by atoms with van der Waals surface area (Å²) in [5, 5.41) is 13.5. The lowest BCUT2D eigenvalue weighted by atomic mass is 9.95. The number of phenols is 1. The number of hydrogen-bond donors (Lipinski definition) is 3. The van der Waals surface area contributed by atoms with Crippen LogP contribution < -0.4 is 25.3 Å². The number of fused-ring (bicyclic) bond motifs is 1. The predicted molar refractivity (Wildman–Crippen MR) is 113 cm³/mol. The lowest BCUT2D eigenvalue weighted by Crippen LogP contribution is -2.46. The predicted octanol–water partition coefficient (Wildman–Crippen LogP) is 2.95. The molecule has 4 atom stereocenters. The van der Waals surface area contributed by atoms with Crippen LogP contribution in [0, 0.1) is 0 Å². The van der Waals surface area contributed by atoms with Crippen molar-refractivity contribution < 1.29 is 24.1 Å². The van der Waals surface area contributed by atoms with Crippen LogP contribution in [0.15, 0.2) is 36.4 Å². The Morgan fingerprint density at radius 1 is 1.27 bits per heavy atom. The molecule has 0 spiro atoms. The third-order valence-corrected chi connectivity index (χ3v) is 5.62. The molecule has 30 heavy (non-hydrogen) atoms. The summed E-state index contributed by atoms with van der Waals surface area (Å²) in [6, 6.07) is 10.4. The molecule has 0 bridgehead atoms. The molecular formula is C23H28N2O5. The number of methoxy groups -OCH3 is 1. The second kappa shape index (κ2) is 8.53. The van der Waals surface area contributed by atoms with Crippen molar-refractivity contribution in [2.75, 3.05) is 13.7 Å². The van der Waals surface area contributed by atoms with Crippen molar-refractivity contribution in [1.82, 2.24) is 5.32 Å². The van der Waals surface area contributed by atoms with Crippen LogP contribution in [0.5, 0.6) is 23.0 Å². The quantitative estimate of drug-likeness (QED) is 0.627. The number of aromatic hydroxyl groups is 1. The third-order valence-electron chi connectivity index (χ3n) is 5.62. The molecule has 2 aromatic rings. The third kappa shape index (κ3) is 4.08. The van der Waals surface area contributed by atoms with Crippen LogP contribution in [0.1, 0.15) is 48.2 Å². The zero-order valence-electron chi connectivity index (χ0n) is 17.3. The molecule has 2 aliphatic heterocycles. The van der Waals surface area contributed by atoms with Crippen molar-refractivity contribution in [1.29, 1.82) is 0 Å². The molecule has 7 nitrogen and oxygen atoms in total. The smallest absolute Gasteiger partial charge is 0.164 e. The van der Waals surface area contributed by atoms with Gasteiger partial charge in [0.05, 0.1) is 7.11 Å². The maximum Gasteiger partial charge on any atom is 0.164 e. The van der Waals surface area contributed by atoms with Crippen LogP contribution in [0.2, 0.25) is 0 Å². The summed E-state index contributed by atoms with van der Waals surface area (Å²) >= 11 is 0. The number of ether oxygens (including phenoxy) is 3. The minimum absolute atomic E-state index is 0.0164. The zero-order valence-corrected chi connectivity index (χ0v) is 17.3. The van der Waals surface area contributed by atoms with Gasteiger partial charge >= 0.3 is 0 Å². The highest BCUT2D eigenvalue weighted by Gasteiger charge is 2.40. The first kappa shape index (κ1) is 20.5. The second-order valence-electron chi connectivity index (χ2n) is 8.02. The number of phenolic OH excluding ortho intramolecular Hbond substituents is 1. The molecule has 4 N–H and O–H groups in total. The molecule has 0 saturated carbocycles. The van der Waals surface area contributed by atoms with E-state index in [2.05, 4.69) is 5.32 Å². The maximum absolute atomic E-state index is 12.4. The lowest BCUT2D eigenvalue weighted by molar-refractivity contribution is 0.000800. The summed E-state index contributed by atoms with van der Waals surface area (Å²) in [7, 11) is 1.52. The summed E-state index contributed by atoms with van der Waals surface area (Å²) in [5.74, 6) is 1.59. The van der Waals surface area contributed by atoms with Crippen molar-refractivity contribution >= 4 is 5.78 Å². The van der Waals surface area contributed by atoms with Gasteiger partial charge in [0.2, 0.25) is 0 Å². The Morgan fingerprint density at radius 2 is 2.10 bits per heavy atom. The van der Waals surface area contributed by atoms with E-state index in [-0.39, 0.29) is 42.2 Å². The number of ketones is 1. The van der Waals surface area contributed by atoms with Crippen LogP contribution in [0.4, 0.5) is 0 Å². The standard InChI is InChI=1S/C23H28N2O5/c1-13(24)10-18(27)14-6-8-19-21(11-14)30-23(16-4-3-9-25-16)22(29-19)15-5-7-17(26)20(12-15)28-2/h5-8,11-13,16,22-23,25-26H,3-4,9-10,24H2,1-2H3. The number of carbonyl (C=O) groups excluding carboxylic acids is 1. The van der Waals surface area contributed by atoms with Gasteiger partial charge in [-0.3, -0.25) is 4.79 Å². The van der Waals surface area contributed by atoms with E-state index in [0.717, 1.165) is 24.9 Å². The first-order valence-electron chi connectivity index (χ1n) is 10.3.